The molecule has 0 N–H and O–H groups in total. The van der Waals surface area contributed by atoms with Crippen LogP contribution in [0.15, 0.2) is 30.5 Å². The van der Waals surface area contributed by atoms with E-state index in [0.29, 0.717) is 0 Å². The molecule has 1 heterocycles. The van der Waals surface area contributed by atoms with Crippen molar-refractivity contribution in [2.45, 2.75) is 27.2 Å². The molecule has 0 atom stereocenters. The zero-order valence-corrected chi connectivity index (χ0v) is 9.99. The van der Waals surface area contributed by atoms with Crippen LogP contribution in [0.2, 0.25) is 0 Å². The maximum absolute atomic E-state index is 4.13. The van der Waals surface area contributed by atoms with Gasteiger partial charge in [0.2, 0.25) is 0 Å². The molecule has 82 valence electrons. The van der Waals surface area contributed by atoms with Gasteiger partial charge in [0.25, 0.3) is 0 Å². The van der Waals surface area contributed by atoms with E-state index in [0.717, 1.165) is 12.1 Å². The second kappa shape index (κ2) is 4.44. The summed E-state index contributed by atoms with van der Waals surface area (Å²) in [6.45, 7) is 6.45. The van der Waals surface area contributed by atoms with Gasteiger partial charge in [-0.1, -0.05) is 17.7 Å². The minimum atomic E-state index is 0.867. The summed E-state index contributed by atoms with van der Waals surface area (Å²) < 4.78 is 0. The third-order valence-electron chi connectivity index (χ3n) is 2.83. The lowest BCUT2D eigenvalue weighted by Crippen LogP contribution is -1.99. The maximum Gasteiger partial charge on any atom is 0.0675 e. The molecule has 0 saturated carbocycles. The third kappa shape index (κ3) is 2.27. The predicted molar refractivity (Wildman–Crippen MR) is 65.5 cm³/mol. The van der Waals surface area contributed by atoms with Crippen LogP contribution in [0.25, 0.3) is 0 Å². The van der Waals surface area contributed by atoms with Crippen molar-refractivity contribution in [3.63, 3.8) is 0 Å². The molecule has 0 spiro atoms. The Bertz CT molecular complexity index is 466. The zero-order chi connectivity index (χ0) is 11.5. The number of nitrogens with zero attached hydrogens (tertiary/aromatic N) is 2. The van der Waals surface area contributed by atoms with Crippen LogP contribution >= 0.6 is 0 Å². The smallest absolute Gasteiger partial charge is 0.0675 e. The molecule has 0 fully saturated rings. The SMILES string of the molecule is Cc1cc(C)c(Cc2cccnn2)c(C)c1. The summed E-state index contributed by atoms with van der Waals surface area (Å²) in [4.78, 5) is 0. The Kier molecular flexibility index (Phi) is 3.00. The van der Waals surface area contributed by atoms with Crippen LogP contribution < -0.4 is 0 Å². The largest absolute Gasteiger partial charge is 0.159 e. The van der Waals surface area contributed by atoms with Crippen molar-refractivity contribution in [2.75, 3.05) is 0 Å². The van der Waals surface area contributed by atoms with E-state index in [-0.39, 0.29) is 0 Å². The number of hydrogen-bond donors (Lipinski definition) is 0. The Morgan fingerprint density at radius 3 is 2.31 bits per heavy atom. The van der Waals surface area contributed by atoms with Gasteiger partial charge < -0.3 is 0 Å². The van der Waals surface area contributed by atoms with E-state index in [4.69, 9.17) is 0 Å². The van der Waals surface area contributed by atoms with Gasteiger partial charge in [-0.2, -0.15) is 10.2 Å². The number of benzene rings is 1. The highest BCUT2D eigenvalue weighted by Gasteiger charge is 2.05. The second-order valence-corrected chi connectivity index (χ2v) is 4.27. The van der Waals surface area contributed by atoms with E-state index in [1.807, 2.05) is 12.1 Å². The summed E-state index contributed by atoms with van der Waals surface area (Å²) in [5, 5.41) is 8.04. The molecule has 2 nitrogen and oxygen atoms in total. The van der Waals surface area contributed by atoms with Gasteiger partial charge in [-0.05, 0) is 49.6 Å². The highest BCUT2D eigenvalue weighted by Crippen LogP contribution is 2.18. The van der Waals surface area contributed by atoms with Gasteiger partial charge in [0.1, 0.15) is 0 Å². The number of rotatable bonds is 2. The molecule has 0 aliphatic carbocycles. The number of aromatic nitrogens is 2. The predicted octanol–water partition coefficient (Wildman–Crippen LogP) is 2.99. The fourth-order valence-corrected chi connectivity index (χ4v) is 2.10. The summed E-state index contributed by atoms with van der Waals surface area (Å²) >= 11 is 0. The lowest BCUT2D eigenvalue weighted by molar-refractivity contribution is 0.927. The molecule has 2 aromatic rings. The minimum Gasteiger partial charge on any atom is -0.159 e. The van der Waals surface area contributed by atoms with Crippen LogP contribution in [-0.4, -0.2) is 10.2 Å². The molecular weight excluding hydrogens is 196 g/mol. The Morgan fingerprint density at radius 1 is 1.06 bits per heavy atom. The number of aryl methyl sites for hydroxylation is 3. The van der Waals surface area contributed by atoms with Crippen molar-refractivity contribution < 1.29 is 0 Å². The topological polar surface area (TPSA) is 25.8 Å². The maximum atomic E-state index is 4.13. The fourth-order valence-electron chi connectivity index (χ4n) is 2.10. The van der Waals surface area contributed by atoms with E-state index >= 15 is 0 Å². The van der Waals surface area contributed by atoms with Crippen molar-refractivity contribution in [3.8, 4) is 0 Å². The van der Waals surface area contributed by atoms with Crippen LogP contribution in [0.3, 0.4) is 0 Å². The molecule has 0 aliphatic heterocycles. The van der Waals surface area contributed by atoms with Crippen LogP contribution in [0, 0.1) is 20.8 Å². The second-order valence-electron chi connectivity index (χ2n) is 4.27. The highest BCUT2D eigenvalue weighted by molar-refractivity contribution is 5.39. The Morgan fingerprint density at radius 2 is 1.75 bits per heavy atom. The molecule has 0 aliphatic rings. The van der Waals surface area contributed by atoms with E-state index in [1.165, 1.54) is 22.3 Å². The Labute approximate surface area is 96.4 Å². The normalized spacial score (nSPS) is 10.4. The van der Waals surface area contributed by atoms with Crippen LogP contribution in [0.5, 0.6) is 0 Å². The monoisotopic (exact) mass is 212 g/mol. The van der Waals surface area contributed by atoms with Gasteiger partial charge in [-0.15, -0.1) is 0 Å². The van der Waals surface area contributed by atoms with Gasteiger partial charge in [0.15, 0.2) is 0 Å². The lowest BCUT2D eigenvalue weighted by Gasteiger charge is -2.10. The molecule has 2 heteroatoms. The first-order valence-electron chi connectivity index (χ1n) is 5.50. The van der Waals surface area contributed by atoms with Crippen molar-refractivity contribution in [3.05, 3.63) is 58.4 Å². The van der Waals surface area contributed by atoms with Crippen molar-refractivity contribution >= 4 is 0 Å². The Balaban J connectivity index is 2.35. The lowest BCUT2D eigenvalue weighted by atomic mass is 9.96. The van der Waals surface area contributed by atoms with E-state index in [9.17, 15) is 0 Å². The van der Waals surface area contributed by atoms with E-state index in [1.54, 1.807) is 6.20 Å². The molecule has 0 bridgehead atoms. The first-order valence-corrected chi connectivity index (χ1v) is 5.50. The van der Waals surface area contributed by atoms with Gasteiger partial charge in [0.05, 0.1) is 5.69 Å². The third-order valence-corrected chi connectivity index (χ3v) is 2.83. The summed E-state index contributed by atoms with van der Waals surface area (Å²) in [6.07, 6.45) is 2.57. The molecule has 16 heavy (non-hydrogen) atoms. The molecule has 1 aromatic heterocycles. The van der Waals surface area contributed by atoms with E-state index < -0.39 is 0 Å². The van der Waals surface area contributed by atoms with Crippen LogP contribution in [-0.2, 0) is 6.42 Å². The summed E-state index contributed by atoms with van der Waals surface area (Å²) in [5.41, 5.74) is 6.38. The first kappa shape index (κ1) is 10.8. The summed E-state index contributed by atoms with van der Waals surface area (Å²) in [7, 11) is 0. The van der Waals surface area contributed by atoms with Crippen molar-refractivity contribution in [1.29, 1.82) is 0 Å². The standard InChI is InChI=1S/C14H16N2/c1-10-7-11(2)14(12(3)8-10)9-13-5-4-6-15-16-13/h4-8H,9H2,1-3H3. The highest BCUT2D eigenvalue weighted by atomic mass is 15.1. The van der Waals surface area contributed by atoms with Gasteiger partial charge in [0, 0.05) is 12.6 Å². The molecule has 0 radical (unpaired) electrons. The van der Waals surface area contributed by atoms with Crippen molar-refractivity contribution in [1.82, 2.24) is 10.2 Å². The summed E-state index contributed by atoms with van der Waals surface area (Å²) in [6, 6.07) is 8.39. The first-order chi connectivity index (χ1) is 7.66. The molecular formula is C14H16N2. The zero-order valence-electron chi connectivity index (χ0n) is 9.99. The van der Waals surface area contributed by atoms with Gasteiger partial charge in [-0.3, -0.25) is 0 Å². The minimum absolute atomic E-state index is 0.867. The van der Waals surface area contributed by atoms with Crippen LogP contribution in [0.1, 0.15) is 27.9 Å². The molecule has 0 unspecified atom stereocenters. The van der Waals surface area contributed by atoms with Crippen LogP contribution in [0.4, 0.5) is 0 Å². The van der Waals surface area contributed by atoms with Gasteiger partial charge in [-0.25, -0.2) is 0 Å². The molecule has 0 saturated heterocycles. The average Bonchev–Trinajstić information content (AvgIpc) is 2.25. The number of hydrogen-bond acceptors (Lipinski definition) is 2. The van der Waals surface area contributed by atoms with E-state index in [2.05, 4.69) is 43.1 Å². The van der Waals surface area contributed by atoms with Gasteiger partial charge >= 0.3 is 0 Å². The van der Waals surface area contributed by atoms with Crippen molar-refractivity contribution in [2.24, 2.45) is 0 Å². The summed E-state index contributed by atoms with van der Waals surface area (Å²) in [5.74, 6) is 0. The fraction of sp³-hybridized carbons (Fsp3) is 0.286. The Hall–Kier alpha value is -1.70. The average molecular weight is 212 g/mol. The molecule has 2 rings (SSSR count). The molecule has 1 aromatic carbocycles. The quantitative estimate of drug-likeness (QED) is 0.764. The molecule has 0 amide bonds.